The molecule has 3 nitrogen and oxygen atoms in total. The lowest BCUT2D eigenvalue weighted by atomic mass is 10.2. The standard InChI is InChI=1S/C9H17NO2/c1-4-5-6-12-8(3)7(2)9(10)11/h4-6H2,1-3H3,(H2,10,11). The summed E-state index contributed by atoms with van der Waals surface area (Å²) >= 11 is 0. The molecule has 2 N–H and O–H groups in total. The number of carbonyl (C=O) groups is 1. The van der Waals surface area contributed by atoms with Crippen molar-refractivity contribution in [2.24, 2.45) is 5.73 Å². The van der Waals surface area contributed by atoms with Gasteiger partial charge >= 0.3 is 0 Å². The van der Waals surface area contributed by atoms with Gasteiger partial charge in [-0.25, -0.2) is 0 Å². The molecule has 0 bridgehead atoms. The van der Waals surface area contributed by atoms with Gasteiger partial charge in [-0.05, 0) is 20.3 Å². The molecule has 3 heteroatoms. The molecule has 0 aliphatic rings. The predicted molar refractivity (Wildman–Crippen MR) is 48.4 cm³/mol. The van der Waals surface area contributed by atoms with Crippen molar-refractivity contribution in [3.63, 3.8) is 0 Å². The van der Waals surface area contributed by atoms with Crippen molar-refractivity contribution in [3.05, 3.63) is 11.3 Å². The third-order valence-electron chi connectivity index (χ3n) is 1.71. The van der Waals surface area contributed by atoms with Crippen LogP contribution in [-0.4, -0.2) is 12.5 Å². The van der Waals surface area contributed by atoms with E-state index >= 15 is 0 Å². The van der Waals surface area contributed by atoms with E-state index in [1.807, 2.05) is 0 Å². The Bertz CT molecular complexity index is 185. The van der Waals surface area contributed by atoms with Gasteiger partial charge in [0.05, 0.1) is 12.2 Å². The first-order valence-electron chi connectivity index (χ1n) is 4.19. The molecule has 0 spiro atoms. The van der Waals surface area contributed by atoms with Gasteiger partial charge in [-0.2, -0.15) is 0 Å². The summed E-state index contributed by atoms with van der Waals surface area (Å²) in [6.07, 6.45) is 2.09. The molecule has 0 aromatic rings. The third-order valence-corrected chi connectivity index (χ3v) is 1.71. The average molecular weight is 171 g/mol. The van der Waals surface area contributed by atoms with Crippen molar-refractivity contribution in [2.75, 3.05) is 6.61 Å². The number of ether oxygens (including phenoxy) is 1. The van der Waals surface area contributed by atoms with Crippen molar-refractivity contribution >= 4 is 5.91 Å². The zero-order chi connectivity index (χ0) is 9.56. The molecule has 0 aliphatic carbocycles. The minimum atomic E-state index is -0.413. The zero-order valence-corrected chi connectivity index (χ0v) is 8.02. The maximum atomic E-state index is 10.7. The lowest BCUT2D eigenvalue weighted by molar-refractivity contribution is -0.114. The summed E-state index contributed by atoms with van der Waals surface area (Å²) < 4.78 is 5.28. The molecular formula is C9H17NO2. The van der Waals surface area contributed by atoms with Crippen LogP contribution in [0.15, 0.2) is 11.3 Å². The molecule has 0 aliphatic heterocycles. The van der Waals surface area contributed by atoms with Gasteiger partial charge in [0.15, 0.2) is 0 Å². The van der Waals surface area contributed by atoms with E-state index < -0.39 is 5.91 Å². The van der Waals surface area contributed by atoms with E-state index in [9.17, 15) is 4.79 Å². The zero-order valence-electron chi connectivity index (χ0n) is 8.02. The number of unbranched alkanes of at least 4 members (excludes halogenated alkanes) is 1. The fourth-order valence-electron chi connectivity index (χ4n) is 0.651. The van der Waals surface area contributed by atoms with E-state index in [1.54, 1.807) is 13.8 Å². The van der Waals surface area contributed by atoms with Crippen LogP contribution in [-0.2, 0) is 9.53 Å². The number of hydrogen-bond donors (Lipinski definition) is 1. The van der Waals surface area contributed by atoms with Gasteiger partial charge < -0.3 is 10.5 Å². The first-order chi connectivity index (χ1) is 5.59. The number of hydrogen-bond acceptors (Lipinski definition) is 2. The molecule has 0 rings (SSSR count). The maximum absolute atomic E-state index is 10.7. The average Bonchev–Trinajstić information content (AvgIpc) is 2.03. The summed E-state index contributed by atoms with van der Waals surface area (Å²) in [4.78, 5) is 10.7. The second-order valence-corrected chi connectivity index (χ2v) is 2.75. The summed E-state index contributed by atoms with van der Waals surface area (Å²) in [6.45, 7) is 6.18. The van der Waals surface area contributed by atoms with Crippen LogP contribution < -0.4 is 5.73 Å². The molecule has 0 unspecified atom stereocenters. The maximum Gasteiger partial charge on any atom is 0.247 e. The Morgan fingerprint density at radius 2 is 2.00 bits per heavy atom. The summed E-state index contributed by atoms with van der Waals surface area (Å²) in [6, 6.07) is 0. The summed E-state index contributed by atoms with van der Waals surface area (Å²) in [7, 11) is 0. The van der Waals surface area contributed by atoms with E-state index in [0.717, 1.165) is 12.8 Å². The monoisotopic (exact) mass is 171 g/mol. The lowest BCUT2D eigenvalue weighted by Crippen LogP contribution is -2.14. The number of amides is 1. The normalized spacial score (nSPS) is 12.2. The van der Waals surface area contributed by atoms with Gasteiger partial charge in [0.25, 0.3) is 0 Å². The number of nitrogens with two attached hydrogens (primary N) is 1. The third kappa shape index (κ3) is 4.01. The van der Waals surface area contributed by atoms with Crippen LogP contribution in [0.5, 0.6) is 0 Å². The quantitative estimate of drug-likeness (QED) is 0.388. The lowest BCUT2D eigenvalue weighted by Gasteiger charge is -2.07. The largest absolute Gasteiger partial charge is 0.498 e. The molecule has 0 radical (unpaired) electrons. The molecule has 0 atom stereocenters. The number of rotatable bonds is 5. The van der Waals surface area contributed by atoms with Gasteiger partial charge in [0.2, 0.25) is 5.91 Å². The molecule has 1 amide bonds. The van der Waals surface area contributed by atoms with E-state index in [0.29, 0.717) is 17.9 Å². The molecular weight excluding hydrogens is 154 g/mol. The molecule has 0 fully saturated rings. The van der Waals surface area contributed by atoms with Gasteiger partial charge in [0.1, 0.15) is 5.76 Å². The highest BCUT2D eigenvalue weighted by Crippen LogP contribution is 2.05. The Labute approximate surface area is 73.6 Å². The van der Waals surface area contributed by atoms with Crippen molar-refractivity contribution < 1.29 is 9.53 Å². The van der Waals surface area contributed by atoms with Crippen LogP contribution >= 0.6 is 0 Å². The molecule has 70 valence electrons. The van der Waals surface area contributed by atoms with Crippen LogP contribution in [0.4, 0.5) is 0 Å². The van der Waals surface area contributed by atoms with Crippen LogP contribution in [0.2, 0.25) is 0 Å². The van der Waals surface area contributed by atoms with E-state index in [4.69, 9.17) is 10.5 Å². The second kappa shape index (κ2) is 5.63. The molecule has 0 aromatic carbocycles. The van der Waals surface area contributed by atoms with Gasteiger partial charge in [-0.3, -0.25) is 4.79 Å². The molecule has 0 aromatic heterocycles. The van der Waals surface area contributed by atoms with Crippen molar-refractivity contribution in [1.29, 1.82) is 0 Å². The Balaban J connectivity index is 3.91. The Morgan fingerprint density at radius 1 is 1.42 bits per heavy atom. The number of carbonyl (C=O) groups excluding carboxylic acids is 1. The first-order valence-corrected chi connectivity index (χ1v) is 4.19. The fourth-order valence-corrected chi connectivity index (χ4v) is 0.651. The van der Waals surface area contributed by atoms with Gasteiger partial charge in [-0.1, -0.05) is 13.3 Å². The highest BCUT2D eigenvalue weighted by atomic mass is 16.5. The van der Waals surface area contributed by atoms with Gasteiger partial charge in [0, 0.05) is 0 Å². The van der Waals surface area contributed by atoms with E-state index in [2.05, 4.69) is 6.92 Å². The van der Waals surface area contributed by atoms with Crippen LogP contribution in [0.1, 0.15) is 33.6 Å². The van der Waals surface area contributed by atoms with Crippen LogP contribution in [0.25, 0.3) is 0 Å². The number of primary amides is 1. The second-order valence-electron chi connectivity index (χ2n) is 2.75. The Hall–Kier alpha value is -0.990. The minimum absolute atomic E-state index is 0.413. The van der Waals surface area contributed by atoms with Gasteiger partial charge in [-0.15, -0.1) is 0 Å². The Morgan fingerprint density at radius 3 is 2.42 bits per heavy atom. The molecule has 0 saturated carbocycles. The fraction of sp³-hybridized carbons (Fsp3) is 0.667. The molecule has 0 saturated heterocycles. The Kier molecular flexibility index (Phi) is 5.17. The van der Waals surface area contributed by atoms with Crippen molar-refractivity contribution in [2.45, 2.75) is 33.6 Å². The van der Waals surface area contributed by atoms with E-state index in [-0.39, 0.29) is 0 Å². The first kappa shape index (κ1) is 11.0. The van der Waals surface area contributed by atoms with Crippen LogP contribution in [0, 0.1) is 0 Å². The highest BCUT2D eigenvalue weighted by Gasteiger charge is 2.02. The number of allylic oxidation sites excluding steroid dienone is 1. The van der Waals surface area contributed by atoms with Crippen molar-refractivity contribution in [3.8, 4) is 0 Å². The minimum Gasteiger partial charge on any atom is -0.498 e. The summed E-state index contributed by atoms with van der Waals surface area (Å²) in [5.41, 5.74) is 5.57. The SMILES string of the molecule is CCCCOC(C)=C(C)C(N)=O. The summed E-state index contributed by atoms with van der Waals surface area (Å²) in [5.74, 6) is 0.222. The van der Waals surface area contributed by atoms with E-state index in [1.165, 1.54) is 0 Å². The van der Waals surface area contributed by atoms with Crippen molar-refractivity contribution in [1.82, 2.24) is 0 Å². The smallest absolute Gasteiger partial charge is 0.247 e. The predicted octanol–water partition coefficient (Wildman–Crippen LogP) is 1.58. The topological polar surface area (TPSA) is 52.3 Å². The summed E-state index contributed by atoms with van der Waals surface area (Å²) in [5, 5.41) is 0. The molecule has 12 heavy (non-hydrogen) atoms. The van der Waals surface area contributed by atoms with Crippen LogP contribution in [0.3, 0.4) is 0 Å². The molecule has 0 heterocycles. The highest BCUT2D eigenvalue weighted by molar-refractivity contribution is 5.91.